The molecule has 0 bridgehead atoms. The summed E-state index contributed by atoms with van der Waals surface area (Å²) in [5.74, 6) is 1.48. The van der Waals surface area contributed by atoms with Gasteiger partial charge in [-0.2, -0.15) is 0 Å². The summed E-state index contributed by atoms with van der Waals surface area (Å²) in [6.07, 6.45) is 1.82. The van der Waals surface area contributed by atoms with Crippen LogP contribution in [0.15, 0.2) is 72.8 Å². The Hall–Kier alpha value is -3.51. The first-order valence-corrected chi connectivity index (χ1v) is 12.1. The van der Waals surface area contributed by atoms with Gasteiger partial charge >= 0.3 is 0 Å². The van der Waals surface area contributed by atoms with E-state index in [4.69, 9.17) is 9.47 Å². The predicted octanol–water partition coefficient (Wildman–Crippen LogP) is 5.08. The minimum absolute atomic E-state index is 0.00127. The molecule has 3 aromatic carbocycles. The van der Waals surface area contributed by atoms with Crippen molar-refractivity contribution in [2.24, 2.45) is 0 Å². The van der Waals surface area contributed by atoms with E-state index in [1.165, 1.54) is 11.3 Å². The van der Waals surface area contributed by atoms with Gasteiger partial charge in [0.1, 0.15) is 11.5 Å². The Labute approximate surface area is 208 Å². The van der Waals surface area contributed by atoms with E-state index in [-0.39, 0.29) is 11.9 Å². The van der Waals surface area contributed by atoms with Gasteiger partial charge in [-0.1, -0.05) is 18.2 Å². The maximum atomic E-state index is 13.7. The van der Waals surface area contributed by atoms with Crippen LogP contribution in [-0.4, -0.2) is 58.3 Å². The van der Waals surface area contributed by atoms with Crippen LogP contribution >= 0.6 is 0 Å². The molecule has 6 heteroatoms. The number of hydrogen-bond acceptors (Lipinski definition) is 5. The molecule has 6 nitrogen and oxygen atoms in total. The van der Waals surface area contributed by atoms with Crippen molar-refractivity contribution in [3.05, 3.63) is 83.9 Å². The van der Waals surface area contributed by atoms with Gasteiger partial charge < -0.3 is 19.3 Å². The van der Waals surface area contributed by atoms with E-state index in [1.54, 1.807) is 14.2 Å². The smallest absolute Gasteiger partial charge is 0.258 e. The molecule has 0 unspecified atom stereocenters. The van der Waals surface area contributed by atoms with Gasteiger partial charge in [-0.3, -0.25) is 9.69 Å². The fourth-order valence-electron chi connectivity index (χ4n) is 4.62. The molecule has 0 aliphatic carbocycles. The Morgan fingerprint density at radius 3 is 2.11 bits per heavy atom. The molecular weight excluding hydrogens is 438 g/mol. The molecule has 35 heavy (non-hydrogen) atoms. The number of anilines is 2. The zero-order valence-corrected chi connectivity index (χ0v) is 21.1. The fraction of sp³-hybridized carbons (Fsp3) is 0.345. The Kier molecular flexibility index (Phi) is 7.93. The van der Waals surface area contributed by atoms with Crippen molar-refractivity contribution in [2.75, 3.05) is 51.2 Å². The third kappa shape index (κ3) is 5.95. The second kappa shape index (κ2) is 11.3. The second-order valence-corrected chi connectivity index (χ2v) is 9.17. The van der Waals surface area contributed by atoms with Crippen molar-refractivity contribution in [1.82, 2.24) is 4.90 Å². The Morgan fingerprint density at radius 2 is 1.51 bits per heavy atom. The van der Waals surface area contributed by atoms with Crippen LogP contribution in [0.1, 0.15) is 28.8 Å². The quantitative estimate of drug-likeness (QED) is 0.457. The van der Waals surface area contributed by atoms with Crippen LogP contribution in [0.3, 0.4) is 0 Å². The molecular formula is C29H35N3O3. The van der Waals surface area contributed by atoms with Crippen LogP contribution in [0.5, 0.6) is 11.5 Å². The molecule has 0 atom stereocenters. The molecule has 0 radical (unpaired) electrons. The number of likely N-dealkylation sites (tertiary alicyclic amines) is 1. The summed E-state index contributed by atoms with van der Waals surface area (Å²) < 4.78 is 10.7. The molecule has 0 N–H and O–H groups in total. The van der Waals surface area contributed by atoms with Gasteiger partial charge in [-0.25, -0.2) is 0 Å². The highest BCUT2D eigenvalue weighted by atomic mass is 16.5. The number of methoxy groups -OCH3 is 2. The lowest BCUT2D eigenvalue weighted by Crippen LogP contribution is -2.47. The van der Waals surface area contributed by atoms with Gasteiger partial charge in [-0.15, -0.1) is 0 Å². The van der Waals surface area contributed by atoms with Crippen LogP contribution in [0, 0.1) is 0 Å². The first-order chi connectivity index (χ1) is 17.0. The van der Waals surface area contributed by atoms with Gasteiger partial charge in [0.2, 0.25) is 0 Å². The van der Waals surface area contributed by atoms with Gasteiger partial charge in [0.15, 0.2) is 0 Å². The van der Waals surface area contributed by atoms with Crippen molar-refractivity contribution in [3.63, 3.8) is 0 Å². The molecule has 0 aromatic heterocycles. The molecule has 184 valence electrons. The van der Waals surface area contributed by atoms with E-state index < -0.39 is 0 Å². The van der Waals surface area contributed by atoms with Crippen molar-refractivity contribution in [3.8, 4) is 11.5 Å². The number of benzene rings is 3. The first kappa shape index (κ1) is 24.6. The number of amides is 1. The molecule has 1 aliphatic rings. The van der Waals surface area contributed by atoms with Gasteiger partial charge in [-0.05, 0) is 66.9 Å². The van der Waals surface area contributed by atoms with E-state index in [0.717, 1.165) is 49.7 Å². The highest BCUT2D eigenvalue weighted by molar-refractivity contribution is 6.06. The van der Waals surface area contributed by atoms with E-state index in [9.17, 15) is 4.79 Å². The monoisotopic (exact) mass is 473 g/mol. The van der Waals surface area contributed by atoms with Crippen LogP contribution in [0.25, 0.3) is 0 Å². The van der Waals surface area contributed by atoms with Crippen molar-refractivity contribution in [1.29, 1.82) is 0 Å². The number of hydrogen-bond donors (Lipinski definition) is 0. The standard InChI is InChI=1S/C29H35N3O3/c1-30(2)24-12-8-22(9-13-24)21-31-18-16-25(17-19-31)32(26-6-5-7-28(20-26)35-4)29(33)23-10-14-27(34-3)15-11-23/h5-15,20,25H,16-19,21H2,1-4H3. The molecule has 1 saturated heterocycles. The number of nitrogens with zero attached hydrogens (tertiary/aromatic N) is 3. The van der Waals surface area contributed by atoms with Crippen LogP contribution in [0.4, 0.5) is 11.4 Å². The van der Waals surface area contributed by atoms with Crippen molar-refractivity contribution < 1.29 is 14.3 Å². The summed E-state index contributed by atoms with van der Waals surface area (Å²) in [4.78, 5) is 20.3. The maximum absolute atomic E-state index is 13.7. The van der Waals surface area contributed by atoms with Crippen molar-refractivity contribution in [2.45, 2.75) is 25.4 Å². The molecule has 1 amide bonds. The number of ether oxygens (including phenoxy) is 2. The van der Waals surface area contributed by atoms with E-state index in [2.05, 4.69) is 48.2 Å². The summed E-state index contributed by atoms with van der Waals surface area (Å²) in [7, 11) is 7.39. The van der Waals surface area contributed by atoms with E-state index in [1.807, 2.05) is 53.4 Å². The number of carbonyl (C=O) groups excluding carboxylic acids is 1. The lowest BCUT2D eigenvalue weighted by Gasteiger charge is -2.39. The average Bonchev–Trinajstić information content (AvgIpc) is 2.90. The van der Waals surface area contributed by atoms with Crippen LogP contribution < -0.4 is 19.3 Å². The lowest BCUT2D eigenvalue weighted by atomic mass is 10.00. The van der Waals surface area contributed by atoms with Gasteiger partial charge in [0.05, 0.1) is 14.2 Å². The highest BCUT2D eigenvalue weighted by Gasteiger charge is 2.30. The van der Waals surface area contributed by atoms with Gasteiger partial charge in [0, 0.05) is 62.8 Å². The van der Waals surface area contributed by atoms with Crippen LogP contribution in [0.2, 0.25) is 0 Å². The number of rotatable bonds is 8. The summed E-state index contributed by atoms with van der Waals surface area (Å²) >= 11 is 0. The van der Waals surface area contributed by atoms with E-state index >= 15 is 0 Å². The first-order valence-electron chi connectivity index (χ1n) is 12.1. The molecule has 1 aliphatic heterocycles. The molecule has 1 heterocycles. The van der Waals surface area contributed by atoms with Crippen LogP contribution in [-0.2, 0) is 6.54 Å². The molecule has 1 fully saturated rings. The average molecular weight is 474 g/mol. The predicted molar refractivity (Wildman–Crippen MR) is 142 cm³/mol. The maximum Gasteiger partial charge on any atom is 0.258 e. The highest BCUT2D eigenvalue weighted by Crippen LogP contribution is 2.29. The topological polar surface area (TPSA) is 45.2 Å². The minimum Gasteiger partial charge on any atom is -0.497 e. The van der Waals surface area contributed by atoms with Crippen molar-refractivity contribution >= 4 is 17.3 Å². The lowest BCUT2D eigenvalue weighted by molar-refractivity contribution is 0.0958. The molecule has 3 aromatic rings. The summed E-state index contributed by atoms with van der Waals surface area (Å²) in [6.45, 7) is 2.80. The summed E-state index contributed by atoms with van der Waals surface area (Å²) in [6, 6.07) is 24.0. The zero-order chi connectivity index (χ0) is 24.8. The normalized spacial score (nSPS) is 14.4. The number of piperidine rings is 1. The minimum atomic E-state index is -0.00127. The molecule has 4 rings (SSSR count). The third-order valence-corrected chi connectivity index (χ3v) is 6.67. The Morgan fingerprint density at radius 1 is 0.857 bits per heavy atom. The van der Waals surface area contributed by atoms with Gasteiger partial charge in [0.25, 0.3) is 5.91 Å². The SMILES string of the molecule is COc1ccc(C(=O)N(c2cccc(OC)c2)C2CCN(Cc3ccc(N(C)C)cc3)CC2)cc1. The Bertz CT molecular complexity index is 1100. The largest absolute Gasteiger partial charge is 0.497 e. The molecule has 0 spiro atoms. The fourth-order valence-corrected chi connectivity index (χ4v) is 4.62. The molecule has 0 saturated carbocycles. The number of carbonyl (C=O) groups is 1. The summed E-state index contributed by atoms with van der Waals surface area (Å²) in [5, 5.41) is 0. The summed E-state index contributed by atoms with van der Waals surface area (Å²) in [5.41, 5.74) is 4.03. The third-order valence-electron chi connectivity index (χ3n) is 6.67. The van der Waals surface area contributed by atoms with E-state index in [0.29, 0.717) is 5.56 Å². The second-order valence-electron chi connectivity index (χ2n) is 9.17. The Balaban J connectivity index is 1.50. The zero-order valence-electron chi connectivity index (χ0n) is 21.1.